The van der Waals surface area contributed by atoms with E-state index in [9.17, 15) is 13.2 Å². The molecule has 0 aromatic carbocycles. The Morgan fingerprint density at radius 3 is 3.00 bits per heavy atom. The molecule has 1 aromatic rings. The standard InChI is InChI=1S/C11H17N3O3S2/c1-14(9-4-5-12-7-9)10(15)8-13-19(16,17)11-3-2-6-18-11/h2-3,6,9,12-13H,4-5,7-8H2,1H3. The SMILES string of the molecule is CN(C(=O)CNS(=O)(=O)c1cccs1)C1CCNC1. The van der Waals surface area contributed by atoms with E-state index in [1.165, 1.54) is 6.07 Å². The van der Waals surface area contributed by atoms with Gasteiger partial charge in [-0.2, -0.15) is 0 Å². The predicted octanol–water partition coefficient (Wildman–Crippen LogP) is -0.153. The van der Waals surface area contributed by atoms with Crippen LogP contribution in [0, 0.1) is 0 Å². The van der Waals surface area contributed by atoms with E-state index in [1.807, 2.05) is 0 Å². The molecule has 106 valence electrons. The van der Waals surface area contributed by atoms with Crippen LogP contribution in [0.2, 0.25) is 0 Å². The maximum Gasteiger partial charge on any atom is 0.250 e. The van der Waals surface area contributed by atoms with Gasteiger partial charge in [-0.1, -0.05) is 6.07 Å². The molecule has 1 aromatic heterocycles. The summed E-state index contributed by atoms with van der Waals surface area (Å²) in [5.41, 5.74) is 0. The van der Waals surface area contributed by atoms with Crippen molar-refractivity contribution in [3.8, 4) is 0 Å². The minimum Gasteiger partial charge on any atom is -0.340 e. The van der Waals surface area contributed by atoms with Crippen molar-refractivity contribution in [1.29, 1.82) is 0 Å². The van der Waals surface area contributed by atoms with Crippen LogP contribution in [0.5, 0.6) is 0 Å². The van der Waals surface area contributed by atoms with Crippen LogP contribution in [0.25, 0.3) is 0 Å². The Bertz CT molecular complexity index is 521. The molecule has 1 unspecified atom stereocenters. The summed E-state index contributed by atoms with van der Waals surface area (Å²) in [5.74, 6) is -0.214. The first-order valence-corrected chi connectivity index (χ1v) is 8.36. The summed E-state index contributed by atoms with van der Waals surface area (Å²) in [4.78, 5) is 13.5. The molecule has 1 atom stereocenters. The zero-order valence-electron chi connectivity index (χ0n) is 10.6. The fraction of sp³-hybridized carbons (Fsp3) is 0.545. The molecule has 6 nitrogen and oxygen atoms in total. The first kappa shape index (κ1) is 14.4. The number of thiophene rings is 1. The second-order valence-electron chi connectivity index (χ2n) is 4.41. The summed E-state index contributed by atoms with van der Waals surface area (Å²) in [5, 5.41) is 4.86. The van der Waals surface area contributed by atoms with Gasteiger partial charge in [0.2, 0.25) is 5.91 Å². The minimum absolute atomic E-state index is 0.152. The fourth-order valence-electron chi connectivity index (χ4n) is 1.94. The van der Waals surface area contributed by atoms with Crippen molar-refractivity contribution < 1.29 is 13.2 Å². The number of hydrogen-bond acceptors (Lipinski definition) is 5. The van der Waals surface area contributed by atoms with Gasteiger partial charge >= 0.3 is 0 Å². The smallest absolute Gasteiger partial charge is 0.250 e. The molecule has 1 fully saturated rings. The molecular formula is C11H17N3O3S2. The Labute approximate surface area is 116 Å². The third kappa shape index (κ3) is 3.53. The Kier molecular flexibility index (Phi) is 4.56. The molecule has 0 spiro atoms. The van der Waals surface area contributed by atoms with Gasteiger partial charge in [0, 0.05) is 19.6 Å². The van der Waals surface area contributed by atoms with Crippen LogP contribution in [-0.4, -0.2) is 51.9 Å². The summed E-state index contributed by atoms with van der Waals surface area (Å²) >= 11 is 1.13. The van der Waals surface area contributed by atoms with Gasteiger partial charge in [0.1, 0.15) is 4.21 Å². The summed E-state index contributed by atoms with van der Waals surface area (Å²) in [6.07, 6.45) is 0.903. The maximum absolute atomic E-state index is 11.9. The van der Waals surface area contributed by atoms with Crippen LogP contribution in [-0.2, 0) is 14.8 Å². The van der Waals surface area contributed by atoms with E-state index in [1.54, 1.807) is 23.4 Å². The molecule has 2 heterocycles. The minimum atomic E-state index is -3.56. The lowest BCUT2D eigenvalue weighted by molar-refractivity contribution is -0.130. The van der Waals surface area contributed by atoms with E-state index in [0.717, 1.165) is 30.8 Å². The van der Waals surface area contributed by atoms with Gasteiger partial charge < -0.3 is 10.2 Å². The van der Waals surface area contributed by atoms with Crippen molar-refractivity contribution in [2.45, 2.75) is 16.7 Å². The third-order valence-corrected chi connectivity index (χ3v) is 5.95. The molecule has 19 heavy (non-hydrogen) atoms. The molecule has 1 amide bonds. The van der Waals surface area contributed by atoms with Crippen LogP contribution in [0.4, 0.5) is 0 Å². The molecule has 0 radical (unpaired) electrons. The molecule has 2 N–H and O–H groups in total. The van der Waals surface area contributed by atoms with Crippen molar-refractivity contribution in [2.24, 2.45) is 0 Å². The van der Waals surface area contributed by atoms with Crippen LogP contribution in [0.1, 0.15) is 6.42 Å². The summed E-state index contributed by atoms with van der Waals surface area (Å²) < 4.78 is 26.3. The number of carbonyl (C=O) groups excluding carboxylic acids is 1. The average molecular weight is 303 g/mol. The van der Waals surface area contributed by atoms with E-state index < -0.39 is 10.0 Å². The largest absolute Gasteiger partial charge is 0.340 e. The van der Waals surface area contributed by atoms with Gasteiger partial charge in [0.05, 0.1) is 6.54 Å². The monoisotopic (exact) mass is 303 g/mol. The fourth-order valence-corrected chi connectivity index (χ4v) is 3.95. The van der Waals surface area contributed by atoms with Gasteiger partial charge in [-0.25, -0.2) is 13.1 Å². The second-order valence-corrected chi connectivity index (χ2v) is 7.35. The highest BCUT2D eigenvalue weighted by Gasteiger charge is 2.24. The third-order valence-electron chi connectivity index (χ3n) is 3.15. The van der Waals surface area contributed by atoms with Gasteiger partial charge in [-0.15, -0.1) is 11.3 Å². The first-order valence-electron chi connectivity index (χ1n) is 6.00. The van der Waals surface area contributed by atoms with Crippen molar-refractivity contribution in [2.75, 3.05) is 26.7 Å². The Balaban J connectivity index is 1.89. The lowest BCUT2D eigenvalue weighted by Gasteiger charge is -2.23. The highest BCUT2D eigenvalue weighted by molar-refractivity contribution is 7.91. The van der Waals surface area contributed by atoms with Gasteiger partial charge in [0.15, 0.2) is 0 Å². The molecule has 1 saturated heterocycles. The van der Waals surface area contributed by atoms with Crippen LogP contribution in [0.15, 0.2) is 21.7 Å². The Morgan fingerprint density at radius 1 is 1.63 bits per heavy atom. The first-order chi connectivity index (χ1) is 9.00. The van der Waals surface area contributed by atoms with Crippen LogP contribution in [0.3, 0.4) is 0 Å². The molecule has 0 aliphatic carbocycles. The molecular weight excluding hydrogens is 286 g/mol. The number of hydrogen-bond donors (Lipinski definition) is 2. The number of likely N-dealkylation sites (N-methyl/N-ethyl adjacent to an activating group) is 1. The normalized spacial score (nSPS) is 19.5. The highest BCUT2D eigenvalue weighted by Crippen LogP contribution is 2.15. The van der Waals surface area contributed by atoms with E-state index >= 15 is 0 Å². The van der Waals surface area contributed by atoms with Gasteiger partial charge in [0.25, 0.3) is 10.0 Å². The quantitative estimate of drug-likeness (QED) is 0.793. The molecule has 0 bridgehead atoms. The van der Waals surface area contributed by atoms with Crippen molar-refractivity contribution in [1.82, 2.24) is 14.9 Å². The van der Waals surface area contributed by atoms with Crippen LogP contribution >= 0.6 is 11.3 Å². The topological polar surface area (TPSA) is 78.5 Å². The number of carbonyl (C=O) groups is 1. The van der Waals surface area contributed by atoms with E-state index in [4.69, 9.17) is 0 Å². The van der Waals surface area contributed by atoms with E-state index in [-0.39, 0.29) is 22.7 Å². The second kappa shape index (κ2) is 6.00. The number of rotatable bonds is 5. The summed E-state index contributed by atoms with van der Waals surface area (Å²) in [6, 6.07) is 3.33. The van der Waals surface area contributed by atoms with Gasteiger partial charge in [-0.05, 0) is 24.4 Å². The number of sulfonamides is 1. The number of nitrogens with one attached hydrogen (secondary N) is 2. The molecule has 2 rings (SSSR count). The van der Waals surface area contributed by atoms with Crippen molar-refractivity contribution in [3.05, 3.63) is 17.5 Å². The summed E-state index contributed by atoms with van der Waals surface area (Å²) in [7, 11) is -1.86. The molecule has 0 saturated carbocycles. The zero-order chi connectivity index (χ0) is 13.9. The number of amides is 1. The summed E-state index contributed by atoms with van der Waals surface area (Å²) in [6.45, 7) is 1.45. The van der Waals surface area contributed by atoms with Crippen molar-refractivity contribution in [3.63, 3.8) is 0 Å². The molecule has 1 aliphatic heterocycles. The van der Waals surface area contributed by atoms with Crippen LogP contribution < -0.4 is 10.0 Å². The van der Waals surface area contributed by atoms with E-state index in [0.29, 0.717) is 0 Å². The van der Waals surface area contributed by atoms with Crippen molar-refractivity contribution >= 4 is 27.3 Å². The number of nitrogens with zero attached hydrogens (tertiary/aromatic N) is 1. The van der Waals surface area contributed by atoms with Gasteiger partial charge in [-0.3, -0.25) is 4.79 Å². The lowest BCUT2D eigenvalue weighted by Crippen LogP contribution is -2.44. The maximum atomic E-state index is 11.9. The molecule has 1 aliphatic rings. The highest BCUT2D eigenvalue weighted by atomic mass is 32.2. The Morgan fingerprint density at radius 2 is 2.42 bits per heavy atom. The van der Waals surface area contributed by atoms with E-state index in [2.05, 4.69) is 10.0 Å². The lowest BCUT2D eigenvalue weighted by atomic mass is 10.2. The Hall–Kier alpha value is -0.960. The predicted molar refractivity (Wildman–Crippen MR) is 73.6 cm³/mol. The molecule has 8 heteroatoms. The zero-order valence-corrected chi connectivity index (χ0v) is 12.3. The average Bonchev–Trinajstić information content (AvgIpc) is 3.06.